The standard InChI is InChI=1S/C20H20N2O4S/c1-25-18-12-15(27-2)8-9-16(18)20(24)26-13-19(23)22-11-10-17(21-22)14-6-4-3-5-7-14/h3-9,12H,10-11,13H2,1-2H3. The average Bonchev–Trinajstić information content (AvgIpc) is 3.22. The van der Waals surface area contributed by atoms with Crippen LogP contribution in [0.1, 0.15) is 22.3 Å². The van der Waals surface area contributed by atoms with Gasteiger partial charge in [-0.05, 0) is 30.0 Å². The number of hydrogen-bond donors (Lipinski definition) is 0. The highest BCUT2D eigenvalue weighted by Gasteiger charge is 2.23. The predicted molar refractivity (Wildman–Crippen MR) is 104 cm³/mol. The summed E-state index contributed by atoms with van der Waals surface area (Å²) >= 11 is 1.54. The zero-order valence-electron chi connectivity index (χ0n) is 15.2. The van der Waals surface area contributed by atoms with Gasteiger partial charge in [0.15, 0.2) is 6.61 Å². The third-order valence-electron chi connectivity index (χ3n) is 4.15. The number of rotatable bonds is 6. The monoisotopic (exact) mass is 384 g/mol. The van der Waals surface area contributed by atoms with E-state index < -0.39 is 5.97 Å². The van der Waals surface area contributed by atoms with Crippen molar-refractivity contribution < 1.29 is 19.1 Å². The molecule has 7 heteroatoms. The highest BCUT2D eigenvalue weighted by Crippen LogP contribution is 2.26. The summed E-state index contributed by atoms with van der Waals surface area (Å²) in [6, 6.07) is 14.9. The summed E-state index contributed by atoms with van der Waals surface area (Å²) in [6.07, 6.45) is 2.61. The number of carbonyl (C=O) groups excluding carboxylic acids is 2. The summed E-state index contributed by atoms with van der Waals surface area (Å²) in [5.41, 5.74) is 2.13. The van der Waals surface area contributed by atoms with E-state index in [0.717, 1.165) is 16.2 Å². The lowest BCUT2D eigenvalue weighted by Gasteiger charge is -2.13. The molecule has 0 spiro atoms. The summed E-state index contributed by atoms with van der Waals surface area (Å²) in [4.78, 5) is 25.6. The number of esters is 1. The Hall–Kier alpha value is -2.80. The van der Waals surface area contributed by atoms with Crippen molar-refractivity contribution in [1.82, 2.24) is 5.01 Å². The molecule has 1 heterocycles. The van der Waals surface area contributed by atoms with E-state index in [4.69, 9.17) is 9.47 Å². The van der Waals surface area contributed by atoms with Crippen molar-refractivity contribution in [3.63, 3.8) is 0 Å². The number of hydrogen-bond acceptors (Lipinski definition) is 6. The molecular formula is C20H20N2O4S. The predicted octanol–water partition coefficient (Wildman–Crippen LogP) is 3.21. The van der Waals surface area contributed by atoms with Gasteiger partial charge in [-0.2, -0.15) is 5.10 Å². The summed E-state index contributed by atoms with van der Waals surface area (Å²) in [5.74, 6) is -0.529. The number of ether oxygens (including phenoxy) is 2. The van der Waals surface area contributed by atoms with Crippen LogP contribution in [-0.4, -0.2) is 49.1 Å². The number of carbonyl (C=O) groups is 2. The van der Waals surface area contributed by atoms with Crippen LogP contribution in [-0.2, 0) is 9.53 Å². The fraction of sp³-hybridized carbons (Fsp3) is 0.250. The molecule has 0 saturated carbocycles. The number of amides is 1. The second-order valence-electron chi connectivity index (χ2n) is 5.82. The van der Waals surface area contributed by atoms with Gasteiger partial charge in [0, 0.05) is 11.3 Å². The molecule has 2 aromatic carbocycles. The van der Waals surface area contributed by atoms with Crippen LogP contribution in [0.15, 0.2) is 58.5 Å². The lowest BCUT2D eigenvalue weighted by atomic mass is 10.1. The van der Waals surface area contributed by atoms with Crippen LogP contribution in [0.4, 0.5) is 0 Å². The molecular weight excluding hydrogens is 364 g/mol. The highest BCUT2D eigenvalue weighted by molar-refractivity contribution is 7.98. The van der Waals surface area contributed by atoms with E-state index in [9.17, 15) is 9.59 Å². The Labute approximate surface area is 162 Å². The van der Waals surface area contributed by atoms with E-state index in [-0.39, 0.29) is 18.1 Å². The van der Waals surface area contributed by atoms with Crippen molar-refractivity contribution in [2.24, 2.45) is 5.10 Å². The first-order valence-corrected chi connectivity index (χ1v) is 9.67. The van der Waals surface area contributed by atoms with Crippen LogP contribution in [0.3, 0.4) is 0 Å². The largest absolute Gasteiger partial charge is 0.496 e. The van der Waals surface area contributed by atoms with Crippen LogP contribution in [0.2, 0.25) is 0 Å². The molecule has 1 aliphatic rings. The van der Waals surface area contributed by atoms with E-state index >= 15 is 0 Å². The van der Waals surface area contributed by atoms with Gasteiger partial charge >= 0.3 is 5.97 Å². The third-order valence-corrected chi connectivity index (χ3v) is 4.88. The van der Waals surface area contributed by atoms with Crippen molar-refractivity contribution in [1.29, 1.82) is 0 Å². The van der Waals surface area contributed by atoms with Crippen molar-refractivity contribution in [2.75, 3.05) is 26.5 Å². The second kappa shape index (κ2) is 8.73. The maximum atomic E-state index is 12.3. The lowest BCUT2D eigenvalue weighted by molar-refractivity contribution is -0.134. The van der Waals surface area contributed by atoms with Crippen LogP contribution in [0.25, 0.3) is 0 Å². The van der Waals surface area contributed by atoms with Gasteiger partial charge in [0.2, 0.25) is 0 Å². The molecule has 1 aliphatic heterocycles. The molecule has 0 radical (unpaired) electrons. The van der Waals surface area contributed by atoms with Gasteiger partial charge < -0.3 is 9.47 Å². The molecule has 3 rings (SSSR count). The Balaban J connectivity index is 1.61. The number of methoxy groups -OCH3 is 1. The molecule has 0 aliphatic carbocycles. The van der Waals surface area contributed by atoms with Gasteiger partial charge in [-0.3, -0.25) is 4.79 Å². The smallest absolute Gasteiger partial charge is 0.342 e. The fourth-order valence-electron chi connectivity index (χ4n) is 2.72. The minimum Gasteiger partial charge on any atom is -0.496 e. The van der Waals surface area contributed by atoms with Gasteiger partial charge in [0.05, 0.1) is 19.4 Å². The molecule has 0 fully saturated rings. The molecule has 0 N–H and O–H groups in total. The maximum absolute atomic E-state index is 12.3. The molecule has 27 heavy (non-hydrogen) atoms. The molecule has 6 nitrogen and oxygen atoms in total. The molecule has 0 aromatic heterocycles. The van der Waals surface area contributed by atoms with Crippen molar-refractivity contribution in [2.45, 2.75) is 11.3 Å². The Morgan fingerprint density at radius 3 is 2.67 bits per heavy atom. The zero-order valence-corrected chi connectivity index (χ0v) is 16.0. The van der Waals surface area contributed by atoms with Gasteiger partial charge in [0.1, 0.15) is 11.3 Å². The average molecular weight is 384 g/mol. The first-order valence-electron chi connectivity index (χ1n) is 8.45. The summed E-state index contributed by atoms with van der Waals surface area (Å²) in [6.45, 7) is 0.115. The van der Waals surface area contributed by atoms with E-state index in [1.165, 1.54) is 12.1 Å². The molecule has 0 atom stereocenters. The minimum atomic E-state index is -0.598. The quantitative estimate of drug-likeness (QED) is 0.565. The fourth-order valence-corrected chi connectivity index (χ4v) is 3.15. The number of benzene rings is 2. The van der Waals surface area contributed by atoms with Gasteiger partial charge in [0.25, 0.3) is 5.91 Å². The number of hydrazone groups is 1. The third kappa shape index (κ3) is 4.49. The highest BCUT2D eigenvalue weighted by atomic mass is 32.2. The van der Waals surface area contributed by atoms with Crippen LogP contribution < -0.4 is 4.74 Å². The Kier molecular flexibility index (Phi) is 6.13. The molecule has 0 unspecified atom stereocenters. The van der Waals surface area contributed by atoms with E-state index in [1.807, 2.05) is 42.7 Å². The Bertz CT molecular complexity index is 868. The van der Waals surface area contributed by atoms with Gasteiger partial charge in [-0.1, -0.05) is 30.3 Å². The first kappa shape index (κ1) is 19.0. The van der Waals surface area contributed by atoms with Crippen molar-refractivity contribution in [3.8, 4) is 5.75 Å². The van der Waals surface area contributed by atoms with Crippen LogP contribution in [0, 0.1) is 0 Å². The minimum absolute atomic E-state index is 0.290. The topological polar surface area (TPSA) is 68.2 Å². The normalized spacial score (nSPS) is 13.3. The summed E-state index contributed by atoms with van der Waals surface area (Å²) in [7, 11) is 1.49. The molecule has 0 bridgehead atoms. The molecule has 0 saturated heterocycles. The Morgan fingerprint density at radius 2 is 1.96 bits per heavy atom. The lowest BCUT2D eigenvalue weighted by Crippen LogP contribution is -2.28. The van der Waals surface area contributed by atoms with Crippen LogP contribution in [0.5, 0.6) is 5.75 Å². The summed E-state index contributed by atoms with van der Waals surface area (Å²) in [5, 5.41) is 5.70. The van der Waals surface area contributed by atoms with Crippen molar-refractivity contribution in [3.05, 3.63) is 59.7 Å². The SMILES string of the molecule is COc1cc(SC)ccc1C(=O)OCC(=O)N1CCC(c2ccccc2)=N1. The molecule has 140 valence electrons. The van der Waals surface area contributed by atoms with Gasteiger partial charge in [-0.15, -0.1) is 11.8 Å². The first-order chi connectivity index (χ1) is 13.1. The van der Waals surface area contributed by atoms with E-state index in [2.05, 4.69) is 5.10 Å². The van der Waals surface area contributed by atoms with E-state index in [0.29, 0.717) is 18.7 Å². The van der Waals surface area contributed by atoms with E-state index in [1.54, 1.807) is 23.9 Å². The Morgan fingerprint density at radius 1 is 1.19 bits per heavy atom. The van der Waals surface area contributed by atoms with Gasteiger partial charge in [-0.25, -0.2) is 9.80 Å². The zero-order chi connectivity index (χ0) is 19.2. The van der Waals surface area contributed by atoms with Crippen molar-refractivity contribution >= 4 is 29.4 Å². The molecule has 1 amide bonds. The maximum Gasteiger partial charge on any atom is 0.342 e. The van der Waals surface area contributed by atoms with Crippen LogP contribution >= 0.6 is 11.8 Å². The number of thioether (sulfide) groups is 1. The summed E-state index contributed by atoms with van der Waals surface area (Å²) < 4.78 is 10.4. The second-order valence-corrected chi connectivity index (χ2v) is 6.70. The molecule has 2 aromatic rings. The number of nitrogens with zero attached hydrogens (tertiary/aromatic N) is 2.